The lowest BCUT2D eigenvalue weighted by molar-refractivity contribution is -0.265. The molecule has 0 radical (unpaired) electrons. The highest BCUT2D eigenvalue weighted by Crippen LogP contribution is 2.09. The molecule has 1 aliphatic rings. The standard InChI is InChI=1S/C7H12O3/c1-3-6(2)10-9-5-7-4-8-7/h7H,2-5H2,1H3. The van der Waals surface area contributed by atoms with Crippen molar-refractivity contribution in [2.45, 2.75) is 19.4 Å². The molecule has 1 unspecified atom stereocenters. The van der Waals surface area contributed by atoms with Crippen LogP contribution in [0, 0.1) is 0 Å². The highest BCUT2D eigenvalue weighted by molar-refractivity contribution is 4.77. The number of hydrogen-bond donors (Lipinski definition) is 0. The lowest BCUT2D eigenvalue weighted by Crippen LogP contribution is -2.01. The largest absolute Gasteiger partial charge is 0.370 e. The van der Waals surface area contributed by atoms with Crippen LogP contribution in [0.25, 0.3) is 0 Å². The van der Waals surface area contributed by atoms with Crippen LogP contribution in [0.3, 0.4) is 0 Å². The van der Waals surface area contributed by atoms with Gasteiger partial charge < -0.3 is 9.62 Å². The second-order valence-electron chi connectivity index (χ2n) is 2.22. The molecule has 0 N–H and O–H groups in total. The van der Waals surface area contributed by atoms with Gasteiger partial charge in [0, 0.05) is 6.42 Å². The molecule has 1 aliphatic heterocycles. The van der Waals surface area contributed by atoms with Gasteiger partial charge in [0.2, 0.25) is 0 Å². The Morgan fingerprint density at radius 3 is 3.00 bits per heavy atom. The average Bonchev–Trinajstić information content (AvgIpc) is 2.71. The number of rotatable bonds is 5. The van der Waals surface area contributed by atoms with E-state index < -0.39 is 0 Å². The Balaban J connectivity index is 1.88. The van der Waals surface area contributed by atoms with Crippen molar-refractivity contribution in [1.29, 1.82) is 0 Å². The molecule has 0 spiro atoms. The Bertz CT molecular complexity index is 118. The molecule has 0 aromatic heterocycles. The second-order valence-corrected chi connectivity index (χ2v) is 2.22. The van der Waals surface area contributed by atoms with Gasteiger partial charge in [0.15, 0.2) is 0 Å². The molecule has 0 saturated carbocycles. The summed E-state index contributed by atoms with van der Waals surface area (Å²) in [6, 6.07) is 0. The minimum Gasteiger partial charge on any atom is -0.370 e. The molecule has 0 aromatic rings. The monoisotopic (exact) mass is 144 g/mol. The fraction of sp³-hybridized carbons (Fsp3) is 0.714. The minimum absolute atomic E-state index is 0.254. The minimum atomic E-state index is 0.254. The second kappa shape index (κ2) is 3.58. The predicted molar refractivity (Wildman–Crippen MR) is 36.2 cm³/mol. The molecule has 0 bridgehead atoms. The summed E-state index contributed by atoms with van der Waals surface area (Å²) in [5, 5.41) is 0. The first kappa shape index (κ1) is 7.57. The van der Waals surface area contributed by atoms with Crippen molar-refractivity contribution in [1.82, 2.24) is 0 Å². The Morgan fingerprint density at radius 2 is 2.50 bits per heavy atom. The van der Waals surface area contributed by atoms with Gasteiger partial charge in [-0.25, -0.2) is 0 Å². The zero-order valence-corrected chi connectivity index (χ0v) is 6.13. The van der Waals surface area contributed by atoms with E-state index in [1.54, 1.807) is 0 Å². The van der Waals surface area contributed by atoms with E-state index in [-0.39, 0.29) is 6.10 Å². The summed E-state index contributed by atoms with van der Waals surface area (Å²) >= 11 is 0. The van der Waals surface area contributed by atoms with Crippen LogP contribution in [0.15, 0.2) is 12.3 Å². The molecule has 3 nitrogen and oxygen atoms in total. The van der Waals surface area contributed by atoms with Crippen molar-refractivity contribution in [3.63, 3.8) is 0 Å². The van der Waals surface area contributed by atoms with E-state index in [4.69, 9.17) is 14.5 Å². The van der Waals surface area contributed by atoms with E-state index in [2.05, 4.69) is 6.58 Å². The van der Waals surface area contributed by atoms with Crippen LogP contribution in [0.5, 0.6) is 0 Å². The van der Waals surface area contributed by atoms with E-state index in [0.717, 1.165) is 13.0 Å². The molecule has 0 amide bonds. The first-order chi connectivity index (χ1) is 4.83. The van der Waals surface area contributed by atoms with Crippen LogP contribution < -0.4 is 0 Å². The summed E-state index contributed by atoms with van der Waals surface area (Å²) in [6.45, 7) is 6.87. The van der Waals surface area contributed by atoms with Gasteiger partial charge in [-0.2, -0.15) is 4.89 Å². The normalized spacial score (nSPS) is 22.3. The molecule has 10 heavy (non-hydrogen) atoms. The SMILES string of the molecule is C=C(CC)OOCC1CO1. The maximum absolute atomic E-state index is 4.89. The molecule has 1 heterocycles. The Hall–Kier alpha value is -0.540. The topological polar surface area (TPSA) is 31.0 Å². The van der Waals surface area contributed by atoms with Crippen LogP contribution in [0.4, 0.5) is 0 Å². The average molecular weight is 144 g/mol. The smallest absolute Gasteiger partial charge is 0.135 e. The summed E-state index contributed by atoms with van der Waals surface area (Å²) in [4.78, 5) is 9.55. The van der Waals surface area contributed by atoms with Crippen molar-refractivity contribution in [2.24, 2.45) is 0 Å². The van der Waals surface area contributed by atoms with Crippen LogP contribution in [-0.4, -0.2) is 19.3 Å². The lowest BCUT2D eigenvalue weighted by atomic mass is 10.4. The van der Waals surface area contributed by atoms with E-state index in [1.807, 2.05) is 6.92 Å². The van der Waals surface area contributed by atoms with Crippen molar-refractivity contribution in [3.05, 3.63) is 12.3 Å². The van der Waals surface area contributed by atoms with Crippen molar-refractivity contribution < 1.29 is 14.5 Å². The van der Waals surface area contributed by atoms with Gasteiger partial charge in [-0.05, 0) is 0 Å². The molecule has 0 aliphatic carbocycles. The first-order valence-corrected chi connectivity index (χ1v) is 3.41. The number of epoxide rings is 1. The summed E-state index contributed by atoms with van der Waals surface area (Å²) in [5.41, 5.74) is 0. The molecule has 0 aromatic carbocycles. The Labute approximate surface area is 60.5 Å². The third kappa shape index (κ3) is 2.85. The van der Waals surface area contributed by atoms with E-state index in [0.29, 0.717) is 12.4 Å². The van der Waals surface area contributed by atoms with Crippen molar-refractivity contribution >= 4 is 0 Å². The Kier molecular flexibility index (Phi) is 2.71. The maximum Gasteiger partial charge on any atom is 0.135 e. The van der Waals surface area contributed by atoms with E-state index >= 15 is 0 Å². The lowest BCUT2D eigenvalue weighted by Gasteiger charge is -2.02. The number of ether oxygens (including phenoxy) is 1. The van der Waals surface area contributed by atoms with Gasteiger partial charge in [0.25, 0.3) is 0 Å². The van der Waals surface area contributed by atoms with Crippen LogP contribution in [0.1, 0.15) is 13.3 Å². The van der Waals surface area contributed by atoms with Gasteiger partial charge in [-0.3, -0.25) is 0 Å². The molecule has 1 rings (SSSR count). The summed E-state index contributed by atoms with van der Waals surface area (Å²) in [7, 11) is 0. The van der Waals surface area contributed by atoms with Gasteiger partial charge >= 0.3 is 0 Å². The number of allylic oxidation sites excluding steroid dienone is 1. The van der Waals surface area contributed by atoms with Crippen molar-refractivity contribution in [3.8, 4) is 0 Å². The molecule has 1 saturated heterocycles. The molecular weight excluding hydrogens is 132 g/mol. The fourth-order valence-electron chi connectivity index (χ4n) is 0.416. The van der Waals surface area contributed by atoms with Gasteiger partial charge in [0.1, 0.15) is 18.5 Å². The van der Waals surface area contributed by atoms with Crippen LogP contribution in [-0.2, 0) is 14.5 Å². The van der Waals surface area contributed by atoms with E-state index in [1.165, 1.54) is 0 Å². The highest BCUT2D eigenvalue weighted by atomic mass is 17.2. The van der Waals surface area contributed by atoms with E-state index in [9.17, 15) is 0 Å². The van der Waals surface area contributed by atoms with Gasteiger partial charge in [-0.1, -0.05) is 13.5 Å². The molecule has 1 atom stereocenters. The summed E-state index contributed by atoms with van der Waals surface area (Å²) in [6.07, 6.45) is 1.04. The summed E-state index contributed by atoms with van der Waals surface area (Å²) < 4.78 is 4.89. The predicted octanol–water partition coefficient (Wildman–Crippen LogP) is 1.26. The molecular formula is C7H12O3. The zero-order valence-electron chi connectivity index (χ0n) is 6.13. The molecule has 58 valence electrons. The summed E-state index contributed by atoms with van der Waals surface area (Å²) in [5.74, 6) is 0.653. The molecule has 1 fully saturated rings. The molecule has 3 heteroatoms. The Morgan fingerprint density at radius 1 is 1.80 bits per heavy atom. The van der Waals surface area contributed by atoms with Crippen LogP contribution >= 0.6 is 0 Å². The number of hydrogen-bond acceptors (Lipinski definition) is 3. The highest BCUT2D eigenvalue weighted by Gasteiger charge is 2.23. The zero-order chi connectivity index (χ0) is 7.40. The third-order valence-electron chi connectivity index (χ3n) is 1.23. The fourth-order valence-corrected chi connectivity index (χ4v) is 0.416. The van der Waals surface area contributed by atoms with Crippen molar-refractivity contribution in [2.75, 3.05) is 13.2 Å². The maximum atomic E-state index is 4.89. The van der Waals surface area contributed by atoms with Crippen LogP contribution in [0.2, 0.25) is 0 Å². The van der Waals surface area contributed by atoms with Gasteiger partial charge in [-0.15, -0.1) is 0 Å². The first-order valence-electron chi connectivity index (χ1n) is 3.41. The third-order valence-corrected chi connectivity index (χ3v) is 1.23. The quantitative estimate of drug-likeness (QED) is 0.252. The van der Waals surface area contributed by atoms with Gasteiger partial charge in [0.05, 0.1) is 6.61 Å².